The summed E-state index contributed by atoms with van der Waals surface area (Å²) >= 11 is 0. The first-order valence-electron chi connectivity index (χ1n) is 2.89. The zero-order valence-corrected chi connectivity index (χ0v) is 4.68. The second kappa shape index (κ2) is 1.26. The molecule has 0 spiro atoms. The molecule has 2 N–H and O–H groups in total. The van der Waals surface area contributed by atoms with Crippen molar-refractivity contribution in [2.45, 2.75) is 12.5 Å². The third-order valence-corrected chi connectivity index (χ3v) is 1.68. The molecule has 4 heteroatoms. The Morgan fingerprint density at radius 1 is 1.44 bits per heavy atom. The van der Waals surface area contributed by atoms with Gasteiger partial charge in [0.05, 0.1) is 5.92 Å². The molecule has 1 saturated carbocycles. The van der Waals surface area contributed by atoms with Crippen molar-refractivity contribution in [1.29, 1.82) is 0 Å². The van der Waals surface area contributed by atoms with E-state index in [9.17, 15) is 9.59 Å². The highest BCUT2D eigenvalue weighted by Gasteiger charge is 2.48. The molecule has 2 fully saturated rings. The third kappa shape index (κ3) is 0.590. The summed E-state index contributed by atoms with van der Waals surface area (Å²) in [6, 6.07) is -0.204. The molecule has 1 aliphatic carbocycles. The first kappa shape index (κ1) is 4.78. The highest BCUT2D eigenvalue weighted by Crippen LogP contribution is 2.31. The van der Waals surface area contributed by atoms with Gasteiger partial charge in [0.1, 0.15) is 0 Å². The van der Waals surface area contributed by atoms with Crippen LogP contribution in [0, 0.1) is 5.92 Å². The fourth-order valence-corrected chi connectivity index (χ4v) is 1.05. The summed E-state index contributed by atoms with van der Waals surface area (Å²) in [5, 5.41) is 4.79. The monoisotopic (exact) mass is 126 g/mol. The fraction of sp³-hybridized carbons (Fsp3) is 0.600. The minimum Gasteiger partial charge on any atom is -0.334 e. The number of hydrogen-bond donors (Lipinski definition) is 2. The lowest BCUT2D eigenvalue weighted by atomic mass is 10.3. The quantitative estimate of drug-likeness (QED) is 0.447. The lowest BCUT2D eigenvalue weighted by Gasteiger charge is -2.09. The van der Waals surface area contributed by atoms with E-state index in [0.717, 1.165) is 6.42 Å². The van der Waals surface area contributed by atoms with E-state index in [1.165, 1.54) is 0 Å². The molecule has 1 heterocycles. The number of carbonyl (C=O) groups is 2. The fourth-order valence-electron chi connectivity index (χ4n) is 1.05. The summed E-state index contributed by atoms with van der Waals surface area (Å²) in [6.07, 6.45) is 0.817. The Labute approximate surface area is 51.6 Å². The number of nitrogens with one attached hydrogen (secondary N) is 2. The average Bonchev–Trinajstić information content (AvgIpc) is 2.43. The van der Waals surface area contributed by atoms with Gasteiger partial charge in [-0.05, 0) is 6.42 Å². The van der Waals surface area contributed by atoms with Crippen LogP contribution in [0.15, 0.2) is 0 Å². The van der Waals surface area contributed by atoms with Crippen LogP contribution in [0.25, 0.3) is 0 Å². The first-order chi connectivity index (χ1) is 4.27. The predicted octanol–water partition coefficient (Wildman–Crippen LogP) is -0.786. The van der Waals surface area contributed by atoms with Crippen LogP contribution in [-0.4, -0.2) is 18.0 Å². The summed E-state index contributed by atoms with van der Waals surface area (Å²) in [5.41, 5.74) is 0. The molecule has 4 nitrogen and oxygen atoms in total. The topological polar surface area (TPSA) is 58.2 Å². The number of urea groups is 1. The van der Waals surface area contributed by atoms with Gasteiger partial charge in [-0.3, -0.25) is 10.1 Å². The average molecular weight is 126 g/mol. The van der Waals surface area contributed by atoms with Crippen molar-refractivity contribution in [1.82, 2.24) is 10.6 Å². The highest BCUT2D eigenvalue weighted by atomic mass is 16.2. The van der Waals surface area contributed by atoms with Gasteiger partial charge in [-0.25, -0.2) is 4.79 Å². The van der Waals surface area contributed by atoms with Crippen LogP contribution < -0.4 is 10.6 Å². The molecule has 0 aromatic heterocycles. The number of carbonyl (C=O) groups excluding carboxylic acids is 2. The summed E-state index contributed by atoms with van der Waals surface area (Å²) < 4.78 is 0. The van der Waals surface area contributed by atoms with Crippen LogP contribution in [0.4, 0.5) is 4.79 Å². The molecule has 0 bridgehead atoms. The molecule has 0 aromatic carbocycles. The van der Waals surface area contributed by atoms with E-state index >= 15 is 0 Å². The van der Waals surface area contributed by atoms with Crippen LogP contribution in [0.1, 0.15) is 6.42 Å². The van der Waals surface area contributed by atoms with Gasteiger partial charge >= 0.3 is 6.03 Å². The number of rotatable bonds is 0. The number of fused-ring (bicyclic) bond motifs is 1. The molecule has 48 valence electrons. The third-order valence-electron chi connectivity index (χ3n) is 1.68. The van der Waals surface area contributed by atoms with Gasteiger partial charge in [0.15, 0.2) is 0 Å². The maximum Gasteiger partial charge on any atom is 0.321 e. The summed E-state index contributed by atoms with van der Waals surface area (Å²) in [7, 11) is 0. The zero-order valence-electron chi connectivity index (χ0n) is 4.68. The first-order valence-corrected chi connectivity index (χ1v) is 2.89. The Morgan fingerprint density at radius 2 is 2.22 bits per heavy atom. The Morgan fingerprint density at radius 3 is 2.89 bits per heavy atom. The van der Waals surface area contributed by atoms with Gasteiger partial charge in [-0.1, -0.05) is 0 Å². The van der Waals surface area contributed by atoms with Gasteiger partial charge < -0.3 is 5.32 Å². The Bertz CT molecular complexity index is 189. The van der Waals surface area contributed by atoms with Crippen LogP contribution in [-0.2, 0) is 4.79 Å². The van der Waals surface area contributed by atoms with Gasteiger partial charge in [-0.15, -0.1) is 0 Å². The van der Waals surface area contributed by atoms with Crippen LogP contribution >= 0.6 is 0 Å². The number of hydrogen-bond acceptors (Lipinski definition) is 2. The standard InChI is InChI=1S/C5H6N2O2/c8-4-2-1-3(2)6-5(9)7-4/h2-3H,1H2,(H2,6,7,8,9)/t2-,3+/m1/s1. The lowest BCUT2D eigenvalue weighted by molar-refractivity contribution is -0.121. The molecule has 2 aliphatic rings. The summed E-state index contributed by atoms with van der Waals surface area (Å²) in [4.78, 5) is 21.1. The molecule has 0 aromatic rings. The van der Waals surface area contributed by atoms with E-state index in [1.807, 2.05) is 0 Å². The molecule has 3 amide bonds. The van der Waals surface area contributed by atoms with Crippen molar-refractivity contribution >= 4 is 11.9 Å². The molecule has 1 saturated heterocycles. The highest BCUT2D eigenvalue weighted by molar-refractivity contribution is 6.00. The Hall–Kier alpha value is -1.06. The molecular formula is C5H6N2O2. The van der Waals surface area contributed by atoms with Crippen molar-refractivity contribution in [3.63, 3.8) is 0 Å². The number of amides is 3. The van der Waals surface area contributed by atoms with Crippen LogP contribution in [0.2, 0.25) is 0 Å². The Kier molecular flexibility index (Phi) is 0.670. The second-order valence-electron chi connectivity index (χ2n) is 2.41. The van der Waals surface area contributed by atoms with Crippen molar-refractivity contribution < 1.29 is 9.59 Å². The maximum absolute atomic E-state index is 10.7. The molecule has 2 atom stereocenters. The van der Waals surface area contributed by atoms with Crippen molar-refractivity contribution in [3.05, 3.63) is 0 Å². The number of imide groups is 1. The predicted molar refractivity (Wildman–Crippen MR) is 28.6 cm³/mol. The lowest BCUT2D eigenvalue weighted by Crippen LogP contribution is -2.47. The molecular weight excluding hydrogens is 120 g/mol. The maximum atomic E-state index is 10.7. The van der Waals surface area contributed by atoms with Gasteiger partial charge in [-0.2, -0.15) is 0 Å². The van der Waals surface area contributed by atoms with E-state index < -0.39 is 0 Å². The van der Waals surface area contributed by atoms with E-state index in [2.05, 4.69) is 10.6 Å². The molecule has 0 unspecified atom stereocenters. The summed E-state index contributed by atoms with van der Waals surface area (Å²) in [5.74, 6) is -0.0496. The minimum atomic E-state index is -0.348. The van der Waals surface area contributed by atoms with Crippen molar-refractivity contribution in [2.75, 3.05) is 0 Å². The van der Waals surface area contributed by atoms with Gasteiger partial charge in [0, 0.05) is 6.04 Å². The molecule has 0 radical (unpaired) electrons. The smallest absolute Gasteiger partial charge is 0.321 e. The summed E-state index contributed by atoms with van der Waals surface area (Å²) in [6.45, 7) is 0. The van der Waals surface area contributed by atoms with Crippen molar-refractivity contribution in [3.8, 4) is 0 Å². The SMILES string of the molecule is O=C1NC(=O)[C@@H]2C[C@@H]2N1. The van der Waals surface area contributed by atoms with Gasteiger partial charge in [0.2, 0.25) is 5.91 Å². The van der Waals surface area contributed by atoms with E-state index in [1.54, 1.807) is 0 Å². The zero-order chi connectivity index (χ0) is 6.43. The molecule has 1 aliphatic heterocycles. The molecule has 9 heavy (non-hydrogen) atoms. The van der Waals surface area contributed by atoms with Crippen molar-refractivity contribution in [2.24, 2.45) is 5.92 Å². The normalized spacial score (nSPS) is 38.7. The minimum absolute atomic E-state index is 0.0719. The largest absolute Gasteiger partial charge is 0.334 e. The van der Waals surface area contributed by atoms with Crippen LogP contribution in [0.5, 0.6) is 0 Å². The van der Waals surface area contributed by atoms with Gasteiger partial charge in [0.25, 0.3) is 0 Å². The second-order valence-corrected chi connectivity index (χ2v) is 2.41. The van der Waals surface area contributed by atoms with E-state index in [4.69, 9.17) is 0 Å². The van der Waals surface area contributed by atoms with E-state index in [0.29, 0.717) is 0 Å². The van der Waals surface area contributed by atoms with Crippen LogP contribution in [0.3, 0.4) is 0 Å². The van der Waals surface area contributed by atoms with E-state index in [-0.39, 0.29) is 23.9 Å². The molecule has 2 rings (SSSR count). The Balaban J connectivity index is 2.15.